The largest absolute Gasteiger partial charge is 0.252 e. The molecule has 20 heavy (non-hydrogen) atoms. The number of rotatable bonds is 10. The van der Waals surface area contributed by atoms with Crippen molar-refractivity contribution in [1.82, 2.24) is 5.01 Å². The SMILES string of the molecule is C/C=C\N(N=NCCC(C)(C)CC(C)C)C(C)CCC. The molecule has 0 saturated heterocycles. The van der Waals surface area contributed by atoms with Crippen molar-refractivity contribution in [2.24, 2.45) is 21.7 Å². The summed E-state index contributed by atoms with van der Waals surface area (Å²) in [4.78, 5) is 0. The van der Waals surface area contributed by atoms with Crippen LogP contribution in [0, 0.1) is 11.3 Å². The van der Waals surface area contributed by atoms with Crippen molar-refractivity contribution in [2.45, 2.75) is 80.2 Å². The van der Waals surface area contributed by atoms with E-state index in [1.54, 1.807) is 0 Å². The standard InChI is InChI=1S/C17H35N3/c1-8-10-16(5)20(13-9-2)19-18-12-11-17(6,7)14-15(3)4/h9,13,15-16H,8,10-12,14H2,1-7H3/b13-9-,19-18?. The Hall–Kier alpha value is -0.860. The van der Waals surface area contributed by atoms with Crippen LogP contribution in [0.15, 0.2) is 22.6 Å². The van der Waals surface area contributed by atoms with E-state index in [-0.39, 0.29) is 0 Å². The van der Waals surface area contributed by atoms with Crippen molar-refractivity contribution in [3.63, 3.8) is 0 Å². The molecule has 0 amide bonds. The molecule has 0 aromatic carbocycles. The van der Waals surface area contributed by atoms with Crippen LogP contribution in [0.5, 0.6) is 0 Å². The zero-order chi connectivity index (χ0) is 15.6. The van der Waals surface area contributed by atoms with E-state index in [1.165, 1.54) is 12.8 Å². The minimum atomic E-state index is 0.355. The summed E-state index contributed by atoms with van der Waals surface area (Å²) in [5.41, 5.74) is 0.355. The first kappa shape index (κ1) is 19.1. The topological polar surface area (TPSA) is 28.0 Å². The van der Waals surface area contributed by atoms with Crippen molar-refractivity contribution in [3.8, 4) is 0 Å². The molecular formula is C17H35N3. The number of allylic oxidation sites excluding steroid dienone is 1. The molecule has 0 fully saturated rings. The van der Waals surface area contributed by atoms with E-state index >= 15 is 0 Å². The molecule has 3 heteroatoms. The first-order valence-electron chi connectivity index (χ1n) is 8.11. The van der Waals surface area contributed by atoms with Crippen molar-refractivity contribution < 1.29 is 0 Å². The predicted octanol–water partition coefficient (Wildman–Crippen LogP) is 5.84. The van der Waals surface area contributed by atoms with Gasteiger partial charge >= 0.3 is 0 Å². The average Bonchev–Trinajstić information content (AvgIpc) is 2.31. The fourth-order valence-electron chi connectivity index (χ4n) is 2.65. The molecule has 0 radical (unpaired) electrons. The van der Waals surface area contributed by atoms with Gasteiger partial charge in [0.15, 0.2) is 0 Å². The molecule has 3 nitrogen and oxygen atoms in total. The van der Waals surface area contributed by atoms with Crippen molar-refractivity contribution in [3.05, 3.63) is 12.3 Å². The van der Waals surface area contributed by atoms with Gasteiger partial charge in [-0.3, -0.25) is 5.01 Å². The fraction of sp³-hybridized carbons (Fsp3) is 0.882. The third-order valence-electron chi connectivity index (χ3n) is 3.48. The lowest BCUT2D eigenvalue weighted by Crippen LogP contribution is -2.22. The Labute approximate surface area is 126 Å². The minimum absolute atomic E-state index is 0.355. The van der Waals surface area contributed by atoms with Gasteiger partial charge in [-0.05, 0) is 44.4 Å². The highest BCUT2D eigenvalue weighted by molar-refractivity contribution is 4.79. The summed E-state index contributed by atoms with van der Waals surface area (Å²) in [5, 5.41) is 10.8. The summed E-state index contributed by atoms with van der Waals surface area (Å²) >= 11 is 0. The molecule has 0 aromatic rings. The van der Waals surface area contributed by atoms with Crippen molar-refractivity contribution in [2.75, 3.05) is 6.54 Å². The zero-order valence-corrected chi connectivity index (χ0v) is 14.7. The molecule has 0 N–H and O–H groups in total. The van der Waals surface area contributed by atoms with Gasteiger partial charge in [0.2, 0.25) is 0 Å². The Morgan fingerprint density at radius 2 is 1.85 bits per heavy atom. The predicted molar refractivity (Wildman–Crippen MR) is 88.6 cm³/mol. The van der Waals surface area contributed by atoms with Crippen LogP contribution in [-0.2, 0) is 0 Å². The van der Waals surface area contributed by atoms with Gasteiger partial charge in [0.05, 0.1) is 12.6 Å². The summed E-state index contributed by atoms with van der Waals surface area (Å²) in [6, 6.07) is 0.420. The summed E-state index contributed by atoms with van der Waals surface area (Å²) in [6.07, 6.45) is 8.69. The first-order chi connectivity index (χ1) is 9.32. The number of nitrogens with zero attached hydrogens (tertiary/aromatic N) is 3. The summed E-state index contributed by atoms with van der Waals surface area (Å²) in [6.45, 7) is 16.4. The molecule has 118 valence electrons. The van der Waals surface area contributed by atoms with E-state index in [4.69, 9.17) is 0 Å². The van der Waals surface area contributed by atoms with Gasteiger partial charge in [0.25, 0.3) is 0 Å². The van der Waals surface area contributed by atoms with Crippen LogP contribution in [0.1, 0.15) is 74.1 Å². The highest BCUT2D eigenvalue weighted by Gasteiger charge is 2.18. The van der Waals surface area contributed by atoms with E-state index in [2.05, 4.69) is 51.9 Å². The molecule has 1 unspecified atom stereocenters. The van der Waals surface area contributed by atoms with Crippen LogP contribution in [-0.4, -0.2) is 17.6 Å². The van der Waals surface area contributed by atoms with Crippen molar-refractivity contribution in [1.29, 1.82) is 0 Å². The monoisotopic (exact) mass is 281 g/mol. The van der Waals surface area contributed by atoms with Gasteiger partial charge in [-0.15, -0.1) is 0 Å². The Kier molecular flexibility index (Phi) is 9.52. The van der Waals surface area contributed by atoms with Gasteiger partial charge in [0.1, 0.15) is 0 Å². The van der Waals surface area contributed by atoms with Crippen LogP contribution in [0.3, 0.4) is 0 Å². The first-order valence-corrected chi connectivity index (χ1v) is 8.11. The minimum Gasteiger partial charge on any atom is -0.252 e. The molecule has 0 spiro atoms. The summed E-state index contributed by atoms with van der Waals surface area (Å²) in [5.74, 6) is 0.742. The normalized spacial score (nSPS) is 14.6. The number of hydrogen-bond acceptors (Lipinski definition) is 2. The maximum Gasteiger partial charge on any atom is 0.0625 e. The lowest BCUT2D eigenvalue weighted by Gasteiger charge is -2.26. The Morgan fingerprint density at radius 1 is 1.20 bits per heavy atom. The quantitative estimate of drug-likeness (QED) is 0.365. The van der Waals surface area contributed by atoms with E-state index < -0.39 is 0 Å². The molecule has 0 aliphatic rings. The molecule has 0 bridgehead atoms. The van der Waals surface area contributed by atoms with E-state index in [1.807, 2.05) is 24.2 Å². The molecule has 0 heterocycles. The van der Waals surface area contributed by atoms with E-state index in [0.29, 0.717) is 11.5 Å². The van der Waals surface area contributed by atoms with Crippen molar-refractivity contribution >= 4 is 0 Å². The fourth-order valence-corrected chi connectivity index (χ4v) is 2.65. The second kappa shape index (κ2) is 9.95. The molecular weight excluding hydrogens is 246 g/mol. The van der Waals surface area contributed by atoms with Crippen LogP contribution in [0.2, 0.25) is 0 Å². The van der Waals surface area contributed by atoms with Gasteiger partial charge in [-0.1, -0.05) is 52.3 Å². The molecule has 1 atom stereocenters. The Balaban J connectivity index is 4.31. The smallest absolute Gasteiger partial charge is 0.0625 e. The van der Waals surface area contributed by atoms with Crippen LogP contribution in [0.4, 0.5) is 0 Å². The average molecular weight is 281 g/mol. The van der Waals surface area contributed by atoms with Gasteiger partial charge in [-0.2, -0.15) is 5.11 Å². The van der Waals surface area contributed by atoms with Crippen LogP contribution < -0.4 is 0 Å². The van der Waals surface area contributed by atoms with E-state index in [0.717, 1.165) is 25.3 Å². The second-order valence-corrected chi connectivity index (χ2v) is 6.97. The molecule has 0 aromatic heterocycles. The van der Waals surface area contributed by atoms with E-state index in [9.17, 15) is 0 Å². The third-order valence-corrected chi connectivity index (χ3v) is 3.48. The summed E-state index contributed by atoms with van der Waals surface area (Å²) < 4.78 is 0. The Morgan fingerprint density at radius 3 is 2.35 bits per heavy atom. The van der Waals surface area contributed by atoms with Crippen LogP contribution in [0.25, 0.3) is 0 Å². The molecule has 0 aliphatic carbocycles. The highest BCUT2D eigenvalue weighted by Crippen LogP contribution is 2.29. The lowest BCUT2D eigenvalue weighted by atomic mass is 9.81. The molecule has 0 rings (SSSR count). The third kappa shape index (κ3) is 9.11. The molecule has 0 saturated carbocycles. The maximum atomic E-state index is 4.39. The highest BCUT2D eigenvalue weighted by atomic mass is 15.5. The van der Waals surface area contributed by atoms with Gasteiger partial charge < -0.3 is 0 Å². The van der Waals surface area contributed by atoms with Crippen LogP contribution >= 0.6 is 0 Å². The van der Waals surface area contributed by atoms with Gasteiger partial charge in [-0.25, -0.2) is 0 Å². The molecule has 0 aliphatic heterocycles. The lowest BCUT2D eigenvalue weighted by molar-refractivity contribution is 0.251. The summed E-state index contributed by atoms with van der Waals surface area (Å²) in [7, 11) is 0. The second-order valence-electron chi connectivity index (χ2n) is 6.97. The number of hydrogen-bond donors (Lipinski definition) is 0. The Bertz CT molecular complexity index is 293. The van der Waals surface area contributed by atoms with Gasteiger partial charge in [0, 0.05) is 6.20 Å². The maximum absolute atomic E-state index is 4.39. The zero-order valence-electron chi connectivity index (χ0n) is 14.7.